The molecular weight excluding hydrogens is 268 g/mol. The summed E-state index contributed by atoms with van der Waals surface area (Å²) in [7, 11) is 0. The van der Waals surface area contributed by atoms with Crippen molar-refractivity contribution in [1.29, 1.82) is 0 Å². The van der Waals surface area contributed by atoms with Crippen molar-refractivity contribution >= 4 is 12.0 Å². The zero-order valence-corrected chi connectivity index (χ0v) is 12.1. The van der Waals surface area contributed by atoms with E-state index >= 15 is 0 Å². The van der Waals surface area contributed by atoms with Crippen LogP contribution in [0.25, 0.3) is 0 Å². The second-order valence-electron chi connectivity index (χ2n) is 6.11. The molecule has 112 valence electrons. The summed E-state index contributed by atoms with van der Waals surface area (Å²) in [6.07, 6.45) is 1.00. The van der Waals surface area contributed by atoms with Crippen molar-refractivity contribution in [2.75, 3.05) is 19.6 Å². The number of hydrogen-bond donors (Lipinski definition) is 2. The van der Waals surface area contributed by atoms with E-state index in [0.29, 0.717) is 25.6 Å². The van der Waals surface area contributed by atoms with E-state index in [1.54, 1.807) is 4.90 Å². The molecule has 2 amide bonds. The van der Waals surface area contributed by atoms with Gasteiger partial charge in [-0.3, -0.25) is 4.79 Å². The van der Waals surface area contributed by atoms with Crippen molar-refractivity contribution in [2.45, 2.75) is 19.3 Å². The third-order valence-electron chi connectivity index (χ3n) is 4.68. The average molecular weight is 288 g/mol. The Kier molecular flexibility index (Phi) is 3.57. The molecule has 3 rings (SSSR count). The van der Waals surface area contributed by atoms with E-state index in [9.17, 15) is 9.59 Å². The van der Waals surface area contributed by atoms with Crippen LogP contribution in [0.15, 0.2) is 24.3 Å². The maximum Gasteiger partial charge on any atom is 0.317 e. The first kappa shape index (κ1) is 13.9. The summed E-state index contributed by atoms with van der Waals surface area (Å²) in [5.41, 5.74) is 2.67. The number of nitrogens with zero attached hydrogens (tertiary/aromatic N) is 1. The molecule has 2 aliphatic rings. The van der Waals surface area contributed by atoms with Gasteiger partial charge in [0.05, 0.1) is 5.92 Å². The van der Waals surface area contributed by atoms with Crippen LogP contribution in [0.5, 0.6) is 0 Å². The molecule has 2 N–H and O–H groups in total. The number of benzene rings is 1. The Balaban J connectivity index is 1.51. The molecule has 1 aromatic carbocycles. The lowest BCUT2D eigenvalue weighted by Crippen LogP contribution is -2.42. The van der Waals surface area contributed by atoms with Crippen LogP contribution >= 0.6 is 0 Å². The van der Waals surface area contributed by atoms with Crippen LogP contribution in [0.1, 0.15) is 24.0 Å². The number of carbonyl (C=O) groups is 2. The van der Waals surface area contributed by atoms with Gasteiger partial charge in [0.15, 0.2) is 0 Å². The van der Waals surface area contributed by atoms with E-state index in [1.165, 1.54) is 11.1 Å². The van der Waals surface area contributed by atoms with E-state index in [2.05, 4.69) is 17.4 Å². The number of likely N-dealkylation sites (tertiary alicyclic amines) is 1. The van der Waals surface area contributed by atoms with Gasteiger partial charge < -0.3 is 15.3 Å². The summed E-state index contributed by atoms with van der Waals surface area (Å²) in [5, 5.41) is 12.0. The standard InChI is InChI=1S/C16H20N2O3/c1-10-8-18(9-14(10)15(19)20)16(21)17-7-12-6-11-4-2-3-5-13(11)12/h2-5,10,12,14H,6-9H2,1H3,(H,17,21)(H,19,20)/t10-,12?,14-/m1/s1. The summed E-state index contributed by atoms with van der Waals surface area (Å²) in [6.45, 7) is 3.33. The zero-order valence-electron chi connectivity index (χ0n) is 12.1. The molecular formula is C16H20N2O3. The molecule has 1 saturated heterocycles. The zero-order chi connectivity index (χ0) is 15.0. The fourth-order valence-corrected chi connectivity index (χ4v) is 3.32. The maximum absolute atomic E-state index is 12.1. The number of carboxylic acids is 1. The predicted molar refractivity (Wildman–Crippen MR) is 78.1 cm³/mol. The van der Waals surface area contributed by atoms with Crippen LogP contribution in [-0.2, 0) is 11.2 Å². The predicted octanol–water partition coefficient (Wildman–Crippen LogP) is 1.69. The maximum atomic E-state index is 12.1. The number of nitrogens with one attached hydrogen (secondary N) is 1. The summed E-state index contributed by atoms with van der Waals surface area (Å²) < 4.78 is 0. The van der Waals surface area contributed by atoms with Crippen LogP contribution < -0.4 is 5.32 Å². The first-order chi connectivity index (χ1) is 10.1. The van der Waals surface area contributed by atoms with Gasteiger partial charge in [-0.05, 0) is 23.5 Å². The first-order valence-electron chi connectivity index (χ1n) is 7.39. The summed E-state index contributed by atoms with van der Waals surface area (Å²) >= 11 is 0. The first-order valence-corrected chi connectivity index (χ1v) is 7.39. The number of fused-ring (bicyclic) bond motifs is 1. The normalized spacial score (nSPS) is 26.9. The van der Waals surface area contributed by atoms with Crippen molar-refractivity contribution in [1.82, 2.24) is 10.2 Å². The summed E-state index contributed by atoms with van der Waals surface area (Å²) in [6, 6.07) is 8.13. The van der Waals surface area contributed by atoms with Crippen molar-refractivity contribution in [3.8, 4) is 0 Å². The lowest BCUT2D eigenvalue weighted by atomic mass is 9.78. The second-order valence-corrected chi connectivity index (χ2v) is 6.11. The molecule has 1 aromatic rings. The third-order valence-corrected chi connectivity index (χ3v) is 4.68. The lowest BCUT2D eigenvalue weighted by Gasteiger charge is -2.30. The van der Waals surface area contributed by atoms with Crippen molar-refractivity contribution in [2.24, 2.45) is 11.8 Å². The van der Waals surface area contributed by atoms with Gasteiger partial charge in [-0.15, -0.1) is 0 Å². The average Bonchev–Trinajstić information content (AvgIpc) is 2.82. The van der Waals surface area contributed by atoms with Gasteiger partial charge in [-0.1, -0.05) is 31.2 Å². The Bertz CT molecular complexity index is 572. The molecule has 0 aromatic heterocycles. The van der Waals surface area contributed by atoms with E-state index < -0.39 is 11.9 Å². The van der Waals surface area contributed by atoms with Gasteiger partial charge in [0, 0.05) is 25.6 Å². The second kappa shape index (κ2) is 5.39. The molecule has 1 fully saturated rings. The smallest absolute Gasteiger partial charge is 0.317 e. The molecule has 1 unspecified atom stereocenters. The number of aliphatic carboxylic acids is 1. The number of urea groups is 1. The van der Waals surface area contributed by atoms with Gasteiger partial charge in [0.2, 0.25) is 0 Å². The van der Waals surface area contributed by atoms with Gasteiger partial charge >= 0.3 is 12.0 Å². The Hall–Kier alpha value is -2.04. The Labute approximate surface area is 123 Å². The van der Waals surface area contributed by atoms with Gasteiger partial charge in [0.1, 0.15) is 0 Å². The highest BCUT2D eigenvalue weighted by molar-refractivity contribution is 5.77. The van der Waals surface area contributed by atoms with E-state index in [1.807, 2.05) is 19.1 Å². The topological polar surface area (TPSA) is 69.6 Å². The number of hydrogen-bond acceptors (Lipinski definition) is 2. The molecule has 3 atom stereocenters. The minimum Gasteiger partial charge on any atom is -0.481 e. The molecule has 5 heteroatoms. The van der Waals surface area contributed by atoms with E-state index in [4.69, 9.17) is 5.11 Å². The largest absolute Gasteiger partial charge is 0.481 e. The quantitative estimate of drug-likeness (QED) is 0.889. The van der Waals surface area contributed by atoms with Crippen molar-refractivity contribution in [3.63, 3.8) is 0 Å². The Morgan fingerprint density at radius 1 is 1.33 bits per heavy atom. The number of carbonyl (C=O) groups excluding carboxylic acids is 1. The van der Waals surface area contributed by atoms with E-state index in [-0.39, 0.29) is 11.9 Å². The molecule has 1 heterocycles. The van der Waals surface area contributed by atoms with Gasteiger partial charge in [-0.25, -0.2) is 4.79 Å². The molecule has 5 nitrogen and oxygen atoms in total. The van der Waals surface area contributed by atoms with Gasteiger partial charge in [-0.2, -0.15) is 0 Å². The number of amides is 2. The summed E-state index contributed by atoms with van der Waals surface area (Å²) in [5.74, 6) is -0.857. The number of carboxylic acid groups (broad SMARTS) is 1. The molecule has 1 aliphatic heterocycles. The monoisotopic (exact) mass is 288 g/mol. The van der Waals surface area contributed by atoms with Crippen LogP contribution in [0.3, 0.4) is 0 Å². The Morgan fingerprint density at radius 3 is 2.76 bits per heavy atom. The van der Waals surface area contributed by atoms with Gasteiger partial charge in [0.25, 0.3) is 0 Å². The van der Waals surface area contributed by atoms with Crippen LogP contribution in [0.2, 0.25) is 0 Å². The molecule has 21 heavy (non-hydrogen) atoms. The molecule has 0 saturated carbocycles. The van der Waals surface area contributed by atoms with E-state index in [0.717, 1.165) is 6.42 Å². The fourth-order valence-electron chi connectivity index (χ4n) is 3.32. The minimum atomic E-state index is -0.814. The highest BCUT2D eigenvalue weighted by Gasteiger charge is 2.37. The van der Waals surface area contributed by atoms with Crippen molar-refractivity contribution in [3.05, 3.63) is 35.4 Å². The highest BCUT2D eigenvalue weighted by atomic mass is 16.4. The molecule has 0 bridgehead atoms. The number of rotatable bonds is 3. The van der Waals surface area contributed by atoms with Crippen LogP contribution in [-0.4, -0.2) is 41.6 Å². The lowest BCUT2D eigenvalue weighted by molar-refractivity contribution is -0.142. The molecule has 0 spiro atoms. The molecule has 1 aliphatic carbocycles. The fraction of sp³-hybridized carbons (Fsp3) is 0.500. The third kappa shape index (κ3) is 2.60. The minimum absolute atomic E-state index is 0.0117. The highest BCUT2D eigenvalue weighted by Crippen LogP contribution is 2.34. The summed E-state index contributed by atoms with van der Waals surface area (Å²) in [4.78, 5) is 24.8. The van der Waals surface area contributed by atoms with Crippen LogP contribution in [0, 0.1) is 11.8 Å². The Morgan fingerprint density at radius 2 is 2.10 bits per heavy atom. The molecule has 0 radical (unpaired) electrons. The SMILES string of the molecule is C[C@@H]1CN(C(=O)NCC2Cc3ccccc32)C[C@H]1C(=O)O. The van der Waals surface area contributed by atoms with Crippen LogP contribution in [0.4, 0.5) is 4.79 Å². The van der Waals surface area contributed by atoms with Crippen molar-refractivity contribution < 1.29 is 14.7 Å².